The van der Waals surface area contributed by atoms with E-state index in [0.717, 1.165) is 7.11 Å². The minimum Gasteiger partial charge on any atom is -0.491 e. The fraction of sp³-hybridized carbons (Fsp3) is 0.0667. The average molecular weight is 305 g/mol. The fourth-order valence-corrected chi connectivity index (χ4v) is 2.01. The van der Waals surface area contributed by atoms with Crippen LogP contribution in [0.3, 0.4) is 0 Å². The minimum atomic E-state index is -1.38. The quantitative estimate of drug-likeness (QED) is 0.748. The molecule has 0 aliphatic carbocycles. The van der Waals surface area contributed by atoms with Crippen LogP contribution in [0, 0.1) is 17.5 Å². The van der Waals surface area contributed by atoms with Crippen LogP contribution in [0.25, 0.3) is 11.0 Å². The predicted molar refractivity (Wildman–Crippen MR) is 75.7 cm³/mol. The van der Waals surface area contributed by atoms with Crippen LogP contribution in [-0.4, -0.2) is 17.1 Å². The van der Waals surface area contributed by atoms with Crippen molar-refractivity contribution in [2.24, 2.45) is 0 Å². The van der Waals surface area contributed by atoms with Gasteiger partial charge in [0.15, 0.2) is 17.4 Å². The van der Waals surface area contributed by atoms with Crippen molar-refractivity contribution in [3.05, 3.63) is 54.0 Å². The molecule has 7 heteroatoms. The van der Waals surface area contributed by atoms with Gasteiger partial charge in [0.1, 0.15) is 5.82 Å². The van der Waals surface area contributed by atoms with E-state index in [9.17, 15) is 13.2 Å². The van der Waals surface area contributed by atoms with Gasteiger partial charge in [-0.3, -0.25) is 4.98 Å². The third-order valence-corrected chi connectivity index (χ3v) is 3.03. The molecule has 112 valence electrons. The molecule has 1 aromatic heterocycles. The SMILES string of the molecule is COc1c(F)c(F)cc(Nc2cnc3ccccc3n2)c1F. The van der Waals surface area contributed by atoms with Gasteiger partial charge in [0.25, 0.3) is 0 Å². The molecule has 3 rings (SSSR count). The number of ether oxygens (including phenoxy) is 1. The Hall–Kier alpha value is -2.83. The number of nitrogens with zero attached hydrogens (tertiary/aromatic N) is 2. The first-order valence-corrected chi connectivity index (χ1v) is 6.30. The lowest BCUT2D eigenvalue weighted by molar-refractivity contribution is 0.348. The van der Waals surface area contributed by atoms with Gasteiger partial charge < -0.3 is 10.1 Å². The number of benzene rings is 2. The number of anilines is 2. The normalized spacial score (nSPS) is 10.7. The van der Waals surface area contributed by atoms with Gasteiger partial charge in [0.2, 0.25) is 5.82 Å². The number of hydrogen-bond donors (Lipinski definition) is 1. The molecule has 0 radical (unpaired) electrons. The summed E-state index contributed by atoms with van der Waals surface area (Å²) < 4.78 is 45.5. The molecule has 2 aromatic carbocycles. The molecule has 22 heavy (non-hydrogen) atoms. The molecule has 0 amide bonds. The van der Waals surface area contributed by atoms with Crippen molar-refractivity contribution in [3.8, 4) is 5.75 Å². The number of aromatic nitrogens is 2. The fourth-order valence-electron chi connectivity index (χ4n) is 2.01. The second-order valence-corrected chi connectivity index (χ2v) is 4.44. The standard InChI is InChI=1S/C15H10F3N3O/c1-22-15-13(17)8(16)6-11(14(15)18)21-12-7-19-9-4-2-3-5-10(9)20-12/h2-7H,1H3,(H,20,21). The first kappa shape index (κ1) is 14.1. The monoisotopic (exact) mass is 305 g/mol. The molecule has 1 heterocycles. The van der Waals surface area contributed by atoms with Gasteiger partial charge >= 0.3 is 0 Å². The molecular formula is C15H10F3N3O. The Kier molecular flexibility index (Phi) is 3.54. The number of para-hydroxylation sites is 2. The molecule has 0 atom stereocenters. The van der Waals surface area contributed by atoms with Crippen LogP contribution < -0.4 is 10.1 Å². The summed E-state index contributed by atoms with van der Waals surface area (Å²) in [5, 5.41) is 2.57. The van der Waals surface area contributed by atoms with E-state index in [1.165, 1.54) is 6.20 Å². The molecule has 3 aromatic rings. The van der Waals surface area contributed by atoms with E-state index < -0.39 is 23.2 Å². The average Bonchev–Trinajstić information content (AvgIpc) is 2.53. The van der Waals surface area contributed by atoms with Crippen LogP contribution in [0.1, 0.15) is 0 Å². The molecule has 0 aliphatic rings. The molecule has 0 saturated carbocycles. The van der Waals surface area contributed by atoms with E-state index in [4.69, 9.17) is 0 Å². The third-order valence-electron chi connectivity index (χ3n) is 3.03. The van der Waals surface area contributed by atoms with Crippen molar-refractivity contribution >= 4 is 22.5 Å². The van der Waals surface area contributed by atoms with Gasteiger partial charge in [0, 0.05) is 6.07 Å². The summed E-state index contributed by atoms with van der Waals surface area (Å²) in [7, 11) is 1.06. The van der Waals surface area contributed by atoms with Gasteiger partial charge in [-0.2, -0.15) is 4.39 Å². The van der Waals surface area contributed by atoms with Crippen LogP contribution in [0.5, 0.6) is 5.75 Å². The van der Waals surface area contributed by atoms with E-state index in [1.54, 1.807) is 18.2 Å². The summed E-state index contributed by atoms with van der Waals surface area (Å²) in [6.45, 7) is 0. The number of fused-ring (bicyclic) bond motifs is 1. The Morgan fingerprint density at radius 1 is 1.05 bits per heavy atom. The maximum Gasteiger partial charge on any atom is 0.203 e. The number of rotatable bonds is 3. The highest BCUT2D eigenvalue weighted by Gasteiger charge is 2.20. The summed E-state index contributed by atoms with van der Waals surface area (Å²) in [5.41, 5.74) is 0.958. The van der Waals surface area contributed by atoms with E-state index >= 15 is 0 Å². The topological polar surface area (TPSA) is 47.0 Å². The van der Waals surface area contributed by atoms with Crippen molar-refractivity contribution in [1.82, 2.24) is 9.97 Å². The lowest BCUT2D eigenvalue weighted by Crippen LogP contribution is -2.03. The zero-order valence-corrected chi connectivity index (χ0v) is 11.4. The van der Waals surface area contributed by atoms with Gasteiger partial charge in [0.05, 0.1) is 30.0 Å². The molecule has 0 aliphatic heterocycles. The number of methoxy groups -OCH3 is 1. The first-order valence-electron chi connectivity index (χ1n) is 6.30. The van der Waals surface area contributed by atoms with Crippen molar-refractivity contribution in [1.29, 1.82) is 0 Å². The first-order chi connectivity index (χ1) is 10.6. The highest BCUT2D eigenvalue weighted by atomic mass is 19.2. The highest BCUT2D eigenvalue weighted by Crippen LogP contribution is 2.31. The molecule has 0 fully saturated rings. The van der Waals surface area contributed by atoms with Gasteiger partial charge in [-0.05, 0) is 12.1 Å². The van der Waals surface area contributed by atoms with E-state index in [2.05, 4.69) is 20.0 Å². The molecular weight excluding hydrogens is 295 g/mol. The maximum absolute atomic E-state index is 14.1. The number of hydrogen-bond acceptors (Lipinski definition) is 4. The van der Waals surface area contributed by atoms with Crippen molar-refractivity contribution in [2.75, 3.05) is 12.4 Å². The summed E-state index contributed by atoms with van der Waals surface area (Å²) in [5.74, 6) is -4.25. The van der Waals surface area contributed by atoms with E-state index in [0.29, 0.717) is 17.1 Å². The smallest absolute Gasteiger partial charge is 0.203 e. The zero-order valence-electron chi connectivity index (χ0n) is 11.4. The molecule has 1 N–H and O–H groups in total. The van der Waals surface area contributed by atoms with Crippen LogP contribution in [0.2, 0.25) is 0 Å². The zero-order chi connectivity index (χ0) is 15.7. The molecule has 0 bridgehead atoms. The van der Waals surface area contributed by atoms with Crippen molar-refractivity contribution in [3.63, 3.8) is 0 Å². The molecule has 4 nitrogen and oxygen atoms in total. The lowest BCUT2D eigenvalue weighted by Gasteiger charge is -2.11. The Bertz CT molecular complexity index is 855. The van der Waals surface area contributed by atoms with Gasteiger partial charge in [-0.1, -0.05) is 12.1 Å². The number of nitrogens with one attached hydrogen (secondary N) is 1. The number of halogens is 3. The van der Waals surface area contributed by atoms with E-state index in [1.807, 2.05) is 6.07 Å². The van der Waals surface area contributed by atoms with Crippen LogP contribution >= 0.6 is 0 Å². The van der Waals surface area contributed by atoms with Crippen molar-refractivity contribution < 1.29 is 17.9 Å². The minimum absolute atomic E-state index is 0.200. The summed E-state index contributed by atoms with van der Waals surface area (Å²) in [6.07, 6.45) is 1.37. The summed E-state index contributed by atoms with van der Waals surface area (Å²) in [6, 6.07) is 7.79. The third kappa shape index (κ3) is 2.41. The Balaban J connectivity index is 2.03. The van der Waals surface area contributed by atoms with Gasteiger partial charge in [-0.25, -0.2) is 13.8 Å². The summed E-state index contributed by atoms with van der Waals surface area (Å²) in [4.78, 5) is 8.36. The van der Waals surface area contributed by atoms with E-state index in [-0.39, 0.29) is 11.5 Å². The van der Waals surface area contributed by atoms with Gasteiger partial charge in [-0.15, -0.1) is 0 Å². The largest absolute Gasteiger partial charge is 0.491 e. The predicted octanol–water partition coefficient (Wildman–Crippen LogP) is 3.80. The second kappa shape index (κ2) is 5.51. The Labute approximate surface area is 123 Å². The molecule has 0 saturated heterocycles. The highest BCUT2D eigenvalue weighted by molar-refractivity contribution is 5.76. The molecule has 0 unspecified atom stereocenters. The lowest BCUT2D eigenvalue weighted by atomic mass is 10.2. The Morgan fingerprint density at radius 2 is 1.77 bits per heavy atom. The van der Waals surface area contributed by atoms with Crippen LogP contribution in [0.4, 0.5) is 24.7 Å². The van der Waals surface area contributed by atoms with Crippen molar-refractivity contribution in [2.45, 2.75) is 0 Å². The molecule has 0 spiro atoms. The Morgan fingerprint density at radius 3 is 2.50 bits per heavy atom. The van der Waals surface area contributed by atoms with Crippen LogP contribution in [0.15, 0.2) is 36.5 Å². The maximum atomic E-state index is 14.1. The second-order valence-electron chi connectivity index (χ2n) is 4.44. The van der Waals surface area contributed by atoms with Crippen LogP contribution in [-0.2, 0) is 0 Å². The summed E-state index contributed by atoms with van der Waals surface area (Å²) >= 11 is 0.